The Bertz CT molecular complexity index is 3240. The first-order valence-corrected chi connectivity index (χ1v) is 30.2. The molecule has 76 heavy (non-hydrogen) atoms. The van der Waals surface area contributed by atoms with E-state index in [2.05, 4.69) is 0 Å². The number of amides is 2. The maximum absolute atomic E-state index is 14.5. The minimum Gasteiger partial charge on any atom is -0.477 e. The number of hydrogen-bond donors (Lipinski definition) is 2. The quantitative estimate of drug-likeness (QED) is 0.118. The van der Waals surface area contributed by atoms with E-state index in [1.807, 2.05) is 71.6 Å². The zero-order valence-corrected chi connectivity index (χ0v) is 46.0. The van der Waals surface area contributed by atoms with Crippen LogP contribution in [0.2, 0.25) is 0 Å². The fourth-order valence-electron chi connectivity index (χ4n) is 10.7. The van der Waals surface area contributed by atoms with Crippen LogP contribution in [0.5, 0.6) is 0 Å². The number of hydrogen-bond acceptors (Lipinski definition) is 10. The average molecular weight is 1160 g/mol. The van der Waals surface area contributed by atoms with Gasteiger partial charge in [0.05, 0.1) is 24.0 Å². The van der Waals surface area contributed by atoms with Crippen LogP contribution in [-0.2, 0) is 28.7 Å². The largest absolute Gasteiger partial charge is 0.477 e. The molecule has 10 rings (SSSR count). The number of carbonyl (C=O) groups excluding carboxylic acids is 2. The van der Waals surface area contributed by atoms with Crippen LogP contribution in [0.1, 0.15) is 103 Å². The molecule has 0 spiro atoms. The van der Waals surface area contributed by atoms with Gasteiger partial charge in [0.2, 0.25) is 21.8 Å². The average Bonchev–Trinajstić information content (AvgIpc) is 4.06. The van der Waals surface area contributed by atoms with Gasteiger partial charge in [-0.15, -0.1) is 35.1 Å². The predicted molar refractivity (Wildman–Crippen MR) is 295 cm³/mol. The molecule has 2 atom stereocenters. The van der Waals surface area contributed by atoms with Crippen molar-refractivity contribution in [3.8, 4) is 20.9 Å². The molecule has 2 N–H and O–H groups in total. The number of carboxylic acids is 2. The summed E-state index contributed by atoms with van der Waals surface area (Å²) in [6.07, 6.45) is 13.0. The maximum atomic E-state index is 14.5. The van der Waals surface area contributed by atoms with Gasteiger partial charge in [-0.2, -0.15) is 4.31 Å². The Labute approximate surface area is 460 Å². The maximum Gasteiger partial charge on any atom is 0.348 e. The zero-order chi connectivity index (χ0) is 53.4. The van der Waals surface area contributed by atoms with Gasteiger partial charge in [-0.1, -0.05) is 123 Å². The predicted octanol–water partition coefficient (Wildman–Crippen LogP) is 13.0. The normalized spacial score (nSPS) is 18.9. The minimum atomic E-state index is -4.27. The molecule has 2 aromatic heterocycles. The van der Waals surface area contributed by atoms with E-state index in [9.17, 15) is 55.0 Å². The van der Waals surface area contributed by atoms with E-state index in [0.717, 1.165) is 108 Å². The molecule has 0 radical (unpaired) electrons. The molecule has 4 aliphatic rings. The molecule has 2 saturated heterocycles. The summed E-state index contributed by atoms with van der Waals surface area (Å²) < 4.78 is 76.1. The van der Waals surface area contributed by atoms with Crippen molar-refractivity contribution in [1.29, 1.82) is 0 Å². The van der Waals surface area contributed by atoms with Crippen molar-refractivity contribution in [3.63, 3.8) is 0 Å². The van der Waals surface area contributed by atoms with Crippen LogP contribution in [0.25, 0.3) is 20.9 Å². The van der Waals surface area contributed by atoms with Gasteiger partial charge in [-0.25, -0.2) is 35.2 Å². The highest BCUT2D eigenvalue weighted by Crippen LogP contribution is 2.44. The van der Waals surface area contributed by atoms with E-state index in [-0.39, 0.29) is 46.6 Å². The summed E-state index contributed by atoms with van der Waals surface area (Å²) in [5.74, 6) is -3.73. The number of aromatic carboxylic acids is 2. The Morgan fingerprint density at radius 3 is 1.41 bits per heavy atom. The summed E-state index contributed by atoms with van der Waals surface area (Å²) in [6.45, 7) is -0.516. The van der Waals surface area contributed by atoms with Gasteiger partial charge in [0.15, 0.2) is 0 Å². The van der Waals surface area contributed by atoms with Crippen LogP contribution < -0.4 is 9.80 Å². The summed E-state index contributed by atoms with van der Waals surface area (Å²) in [5.41, 5.74) is 2.73. The van der Waals surface area contributed by atoms with E-state index in [0.29, 0.717) is 28.6 Å². The molecule has 21 heteroatoms. The summed E-state index contributed by atoms with van der Waals surface area (Å²) in [6, 6.07) is 32.5. The number of carboxylic acid groups (broad SMARTS) is 2. The molecular weight excluding hydrogens is 1100 g/mol. The minimum absolute atomic E-state index is 0. The van der Waals surface area contributed by atoms with Crippen LogP contribution in [-0.4, -0.2) is 80.3 Å². The first kappa shape index (κ1) is 58.1. The second kappa shape index (κ2) is 25.7. The molecule has 13 nitrogen and oxygen atoms in total. The van der Waals surface area contributed by atoms with Crippen molar-refractivity contribution >= 4 is 100.0 Å². The Kier molecular flexibility index (Phi) is 19.7. The van der Waals surface area contributed by atoms with Gasteiger partial charge in [0.1, 0.15) is 31.2 Å². The number of thiophene rings is 2. The zero-order valence-electron chi connectivity index (χ0n) is 41.1. The van der Waals surface area contributed by atoms with Crippen molar-refractivity contribution < 1.29 is 55.0 Å². The third-order valence-electron chi connectivity index (χ3n) is 14.2. The van der Waals surface area contributed by atoms with Crippen LogP contribution in [0.15, 0.2) is 131 Å². The molecule has 2 aliphatic heterocycles. The summed E-state index contributed by atoms with van der Waals surface area (Å²) >= 11 is 2.37. The molecule has 2 saturated carbocycles. The van der Waals surface area contributed by atoms with Gasteiger partial charge >= 0.3 is 11.9 Å². The second-order valence-corrected chi connectivity index (χ2v) is 25.5. The molecular formula is C55H57Cl2F2N3O10S4. The Balaban J connectivity index is 0.000000188. The SMILES string of the molecule is Cl.O=C(O)c1sc(-c2ccccc2)cc1N1C(=O)CCCC1C1CCCCC1.O=C(O)c1sc(-c2ccccc2)cc1N1C(=O)CN(S(=O)(=O)c2ccccc2F)CC1C1CCCCC1.O=S(=O)(Cl)c1ccccc1F. The molecule has 4 aromatic carbocycles. The van der Waals surface area contributed by atoms with Crippen LogP contribution >= 0.6 is 45.8 Å². The van der Waals surface area contributed by atoms with Gasteiger partial charge in [0, 0.05) is 39.4 Å². The monoisotopic (exact) mass is 1160 g/mol. The number of anilines is 2. The lowest BCUT2D eigenvalue weighted by Gasteiger charge is -2.44. The number of piperidine rings is 1. The topological polar surface area (TPSA) is 187 Å². The van der Waals surface area contributed by atoms with Crippen molar-refractivity contribution in [2.24, 2.45) is 11.8 Å². The third kappa shape index (κ3) is 13.4. The van der Waals surface area contributed by atoms with E-state index in [4.69, 9.17) is 10.7 Å². The Hall–Kier alpha value is -5.54. The van der Waals surface area contributed by atoms with Crippen molar-refractivity contribution in [1.82, 2.24) is 4.31 Å². The smallest absolute Gasteiger partial charge is 0.348 e. The first-order valence-electron chi connectivity index (χ1n) is 24.9. The van der Waals surface area contributed by atoms with E-state index in [1.54, 1.807) is 6.07 Å². The number of halogens is 4. The molecule has 4 heterocycles. The summed E-state index contributed by atoms with van der Waals surface area (Å²) in [5, 5.41) is 19.8. The highest BCUT2D eigenvalue weighted by molar-refractivity contribution is 8.13. The van der Waals surface area contributed by atoms with E-state index in [1.165, 1.54) is 65.8 Å². The van der Waals surface area contributed by atoms with Crippen LogP contribution in [0.3, 0.4) is 0 Å². The standard InChI is InChI=1S/C27H27FN2O5S2.C22H25NO3S.C6H4ClFO2S.ClH/c28-20-13-7-8-14-24(20)37(34,35)29-16-22(18-9-3-1-4-10-18)30(25(31)17-29)21-15-23(36-26(21)27(32)33)19-11-5-2-6-12-19;24-20-13-7-12-17(15-8-3-1-4-9-15)23(20)18-14-19(27-21(18)22(25)26)16-10-5-2-6-11-16;7-11(9,10)6-4-2-1-3-5(6)8;/h2,5-8,11-15,18,22H,1,3-4,9-10,16-17H2,(H,32,33);2,5-6,10-11,14-15,17H,1,3-4,7-9,12-13H2,(H,25,26);1-4H;1H. The number of rotatable bonds is 11. The highest BCUT2D eigenvalue weighted by atomic mass is 35.7. The fourth-order valence-corrected chi connectivity index (χ4v) is 15.0. The van der Waals surface area contributed by atoms with Crippen molar-refractivity contribution in [2.75, 3.05) is 22.9 Å². The number of sulfonamides is 1. The summed E-state index contributed by atoms with van der Waals surface area (Å²) in [7, 11) is -3.31. The van der Waals surface area contributed by atoms with E-state index < -0.39 is 70.9 Å². The lowest BCUT2D eigenvalue weighted by molar-refractivity contribution is -0.121. The molecule has 2 unspecified atom stereocenters. The highest BCUT2D eigenvalue weighted by Gasteiger charge is 2.45. The van der Waals surface area contributed by atoms with Gasteiger partial charge in [-0.3, -0.25) is 9.59 Å². The second-order valence-electron chi connectivity index (χ2n) is 18.9. The molecule has 6 aromatic rings. The molecule has 404 valence electrons. The lowest BCUT2D eigenvalue weighted by Crippen LogP contribution is -2.60. The van der Waals surface area contributed by atoms with Gasteiger partial charge in [-0.05, 0) is 97.9 Å². The number of carbonyl (C=O) groups is 4. The molecule has 2 aliphatic carbocycles. The summed E-state index contributed by atoms with van der Waals surface area (Å²) in [4.78, 5) is 55.2. The number of piperazine rings is 1. The molecule has 2 amide bonds. The molecule has 4 fully saturated rings. The number of nitrogens with zero attached hydrogens (tertiary/aromatic N) is 3. The molecule has 0 bridgehead atoms. The Morgan fingerprint density at radius 2 is 0.974 bits per heavy atom. The van der Waals surface area contributed by atoms with Gasteiger partial charge < -0.3 is 20.0 Å². The lowest BCUT2D eigenvalue weighted by atomic mass is 9.79. The van der Waals surface area contributed by atoms with Crippen molar-refractivity contribution in [3.05, 3.63) is 143 Å². The van der Waals surface area contributed by atoms with E-state index >= 15 is 0 Å². The number of benzene rings is 4. The third-order valence-corrected chi connectivity index (χ3v) is 19.7. The van der Waals surface area contributed by atoms with Crippen LogP contribution in [0.4, 0.5) is 20.2 Å². The first-order chi connectivity index (χ1) is 35.9. The fraction of sp³-hybridized carbons (Fsp3) is 0.345. The van der Waals surface area contributed by atoms with Gasteiger partial charge in [0.25, 0.3) is 9.05 Å². The Morgan fingerprint density at radius 1 is 0.553 bits per heavy atom. The van der Waals surface area contributed by atoms with Crippen LogP contribution in [0, 0.1) is 23.5 Å². The van der Waals surface area contributed by atoms with Crippen molar-refractivity contribution in [2.45, 2.75) is 105 Å².